The van der Waals surface area contributed by atoms with Gasteiger partial charge in [-0.25, -0.2) is 0 Å². The highest BCUT2D eigenvalue weighted by molar-refractivity contribution is 6.30. The van der Waals surface area contributed by atoms with E-state index in [0.717, 1.165) is 48.3 Å². The number of hydrogen-bond acceptors (Lipinski definition) is 1. The lowest BCUT2D eigenvalue weighted by atomic mass is 9.59. The van der Waals surface area contributed by atoms with Crippen molar-refractivity contribution in [2.45, 2.75) is 44.6 Å². The first kappa shape index (κ1) is 16.2. The maximum atomic E-state index is 11.8. The predicted molar refractivity (Wildman–Crippen MR) is 100 cm³/mol. The number of aliphatic hydroxyl groups is 1. The molecule has 2 aliphatic rings. The minimum absolute atomic E-state index is 0.348. The van der Waals surface area contributed by atoms with Crippen LogP contribution in [0.2, 0.25) is 5.02 Å². The molecule has 4 unspecified atom stereocenters. The second kappa shape index (κ2) is 6.20. The van der Waals surface area contributed by atoms with Crippen LogP contribution in [-0.2, 0) is 5.60 Å². The maximum absolute atomic E-state index is 11.8. The highest BCUT2D eigenvalue weighted by Crippen LogP contribution is 2.53. The molecule has 24 heavy (non-hydrogen) atoms. The van der Waals surface area contributed by atoms with Crippen LogP contribution in [0.3, 0.4) is 0 Å². The number of rotatable bonds is 2. The summed E-state index contributed by atoms with van der Waals surface area (Å²) in [5, 5.41) is 12.5. The number of hydrogen-bond donors (Lipinski definition) is 1. The molecule has 0 aliphatic heterocycles. The third-order valence-corrected chi connectivity index (χ3v) is 6.42. The molecule has 1 nitrogen and oxygen atoms in total. The van der Waals surface area contributed by atoms with Gasteiger partial charge in [-0.05, 0) is 78.7 Å². The van der Waals surface area contributed by atoms with Gasteiger partial charge in [-0.2, -0.15) is 0 Å². The van der Waals surface area contributed by atoms with Crippen molar-refractivity contribution in [3.05, 3.63) is 59.1 Å². The largest absolute Gasteiger partial charge is 0.385 e. The van der Waals surface area contributed by atoms with E-state index < -0.39 is 5.60 Å². The summed E-state index contributed by atoms with van der Waals surface area (Å²) >= 11 is 6.34. The zero-order chi connectivity index (χ0) is 16.7. The van der Waals surface area contributed by atoms with E-state index in [1.54, 1.807) is 0 Å². The number of fused-ring (bicyclic) bond motifs is 2. The Morgan fingerprint density at radius 3 is 2.62 bits per heavy atom. The fraction of sp³-hybridized carbons (Fsp3) is 0.455. The summed E-state index contributed by atoms with van der Waals surface area (Å²) in [5.41, 5.74) is 2.56. The quantitative estimate of drug-likeness (QED) is 0.706. The standard InChI is InChI=1S/C22H25ClO/c1-15-11-16-9-10-22(24,18(12-15)13-16)21-14-19(23)7-8-20(21)17-5-3-2-4-6-17/h2-8,14-16,18,24H,9-13H2,1H3. The summed E-state index contributed by atoms with van der Waals surface area (Å²) < 4.78 is 0. The second-order valence-electron chi connectivity index (χ2n) is 7.89. The summed E-state index contributed by atoms with van der Waals surface area (Å²) in [6, 6.07) is 16.4. The van der Waals surface area contributed by atoms with E-state index in [1.807, 2.05) is 18.2 Å². The maximum Gasteiger partial charge on any atom is 0.0931 e. The van der Waals surface area contributed by atoms with E-state index in [4.69, 9.17) is 11.6 Å². The Hall–Kier alpha value is -1.31. The molecule has 1 N–H and O–H groups in total. The molecule has 4 atom stereocenters. The molecule has 0 radical (unpaired) electrons. The van der Waals surface area contributed by atoms with Crippen LogP contribution < -0.4 is 0 Å². The Kier molecular flexibility index (Phi) is 4.18. The molecule has 2 saturated carbocycles. The minimum Gasteiger partial charge on any atom is -0.385 e. The van der Waals surface area contributed by atoms with Crippen molar-refractivity contribution in [3.63, 3.8) is 0 Å². The molecule has 126 valence electrons. The molecule has 2 aromatic carbocycles. The molecular weight excluding hydrogens is 316 g/mol. The topological polar surface area (TPSA) is 20.2 Å². The molecular formula is C22H25ClO. The number of benzene rings is 2. The molecule has 0 aromatic heterocycles. The summed E-state index contributed by atoms with van der Waals surface area (Å²) in [6.07, 6.45) is 5.58. The summed E-state index contributed by atoms with van der Waals surface area (Å²) in [5.74, 6) is 1.85. The van der Waals surface area contributed by atoms with Gasteiger partial charge in [0.25, 0.3) is 0 Å². The van der Waals surface area contributed by atoms with Crippen LogP contribution in [0.15, 0.2) is 48.5 Å². The van der Waals surface area contributed by atoms with E-state index in [1.165, 1.54) is 6.42 Å². The second-order valence-corrected chi connectivity index (χ2v) is 8.33. The van der Waals surface area contributed by atoms with Crippen molar-refractivity contribution in [2.75, 3.05) is 0 Å². The van der Waals surface area contributed by atoms with Gasteiger partial charge in [0, 0.05) is 5.02 Å². The zero-order valence-electron chi connectivity index (χ0n) is 14.2. The van der Waals surface area contributed by atoms with E-state index >= 15 is 0 Å². The monoisotopic (exact) mass is 340 g/mol. The molecule has 0 amide bonds. The number of halogens is 1. The summed E-state index contributed by atoms with van der Waals surface area (Å²) in [7, 11) is 0. The van der Waals surface area contributed by atoms with Crippen LogP contribution in [-0.4, -0.2) is 5.11 Å². The van der Waals surface area contributed by atoms with Crippen molar-refractivity contribution < 1.29 is 5.11 Å². The first-order valence-corrected chi connectivity index (χ1v) is 9.52. The molecule has 4 rings (SSSR count). The Morgan fingerprint density at radius 1 is 1.04 bits per heavy atom. The molecule has 2 aliphatic carbocycles. The lowest BCUT2D eigenvalue weighted by Gasteiger charge is -2.49. The van der Waals surface area contributed by atoms with Gasteiger partial charge in [-0.15, -0.1) is 0 Å². The van der Waals surface area contributed by atoms with Crippen molar-refractivity contribution in [1.82, 2.24) is 0 Å². The third-order valence-electron chi connectivity index (χ3n) is 6.18. The van der Waals surface area contributed by atoms with Crippen LogP contribution in [0.4, 0.5) is 0 Å². The molecule has 0 spiro atoms. The van der Waals surface area contributed by atoms with Gasteiger partial charge in [0.2, 0.25) is 0 Å². The van der Waals surface area contributed by atoms with E-state index in [0.29, 0.717) is 16.9 Å². The molecule has 2 heteroatoms. The van der Waals surface area contributed by atoms with E-state index in [2.05, 4.69) is 37.3 Å². The van der Waals surface area contributed by atoms with Crippen LogP contribution in [0.5, 0.6) is 0 Å². The van der Waals surface area contributed by atoms with Crippen LogP contribution >= 0.6 is 11.6 Å². The van der Waals surface area contributed by atoms with Gasteiger partial charge >= 0.3 is 0 Å². The van der Waals surface area contributed by atoms with Crippen LogP contribution in [0, 0.1) is 17.8 Å². The smallest absolute Gasteiger partial charge is 0.0931 e. The van der Waals surface area contributed by atoms with Gasteiger partial charge in [0.15, 0.2) is 0 Å². The Morgan fingerprint density at radius 2 is 1.83 bits per heavy atom. The van der Waals surface area contributed by atoms with Crippen molar-refractivity contribution in [3.8, 4) is 11.1 Å². The fourth-order valence-corrected chi connectivity index (χ4v) is 5.27. The van der Waals surface area contributed by atoms with Gasteiger partial charge in [0.1, 0.15) is 0 Å². The normalized spacial score (nSPS) is 32.5. The van der Waals surface area contributed by atoms with E-state index in [9.17, 15) is 5.11 Å². The first-order chi connectivity index (χ1) is 11.6. The van der Waals surface area contributed by atoms with Crippen LogP contribution in [0.25, 0.3) is 11.1 Å². The molecule has 2 fully saturated rings. The summed E-state index contributed by atoms with van der Waals surface area (Å²) in [6.45, 7) is 2.33. The van der Waals surface area contributed by atoms with Crippen LogP contribution in [0.1, 0.15) is 44.6 Å². The Balaban J connectivity index is 1.82. The average Bonchev–Trinajstić information content (AvgIpc) is 2.59. The lowest BCUT2D eigenvalue weighted by molar-refractivity contribution is -0.0936. The van der Waals surface area contributed by atoms with Gasteiger partial charge in [-0.3, -0.25) is 0 Å². The summed E-state index contributed by atoms with van der Waals surface area (Å²) in [4.78, 5) is 0. The van der Waals surface area contributed by atoms with Gasteiger partial charge in [-0.1, -0.05) is 54.9 Å². The fourth-order valence-electron chi connectivity index (χ4n) is 5.10. The Labute approximate surface area is 149 Å². The molecule has 2 aromatic rings. The third kappa shape index (κ3) is 2.78. The first-order valence-electron chi connectivity index (χ1n) is 9.14. The predicted octanol–water partition coefficient (Wildman–Crippen LogP) is 6.04. The lowest BCUT2D eigenvalue weighted by Crippen LogP contribution is -2.44. The minimum atomic E-state index is -0.749. The van der Waals surface area contributed by atoms with Crippen molar-refractivity contribution in [2.24, 2.45) is 17.8 Å². The van der Waals surface area contributed by atoms with Gasteiger partial charge in [0.05, 0.1) is 5.60 Å². The van der Waals surface area contributed by atoms with E-state index in [-0.39, 0.29) is 0 Å². The Bertz CT molecular complexity index is 724. The zero-order valence-corrected chi connectivity index (χ0v) is 15.0. The molecule has 0 heterocycles. The SMILES string of the molecule is CC1CC2CCC(O)(c3cc(Cl)ccc3-c3ccccc3)C(C1)C2. The molecule has 2 bridgehead atoms. The highest BCUT2D eigenvalue weighted by Gasteiger charge is 2.47. The highest BCUT2D eigenvalue weighted by atomic mass is 35.5. The average molecular weight is 341 g/mol. The van der Waals surface area contributed by atoms with Crippen molar-refractivity contribution >= 4 is 11.6 Å². The molecule has 0 saturated heterocycles. The van der Waals surface area contributed by atoms with Gasteiger partial charge < -0.3 is 5.11 Å². The van der Waals surface area contributed by atoms with Crippen molar-refractivity contribution in [1.29, 1.82) is 0 Å².